The summed E-state index contributed by atoms with van der Waals surface area (Å²) >= 11 is 5.96. The van der Waals surface area contributed by atoms with E-state index in [0.717, 1.165) is 0 Å². The molecule has 4 rings (SSSR count). The second-order valence-electron chi connectivity index (χ2n) is 6.60. The second kappa shape index (κ2) is 7.96. The number of carbonyl (C=O) groups is 1. The number of rotatable bonds is 6. The van der Waals surface area contributed by atoms with Crippen LogP contribution in [-0.2, 0) is 10.4 Å². The van der Waals surface area contributed by atoms with Gasteiger partial charge in [-0.2, -0.15) is 0 Å². The van der Waals surface area contributed by atoms with Gasteiger partial charge in [0.15, 0.2) is 0 Å². The van der Waals surface area contributed by atoms with Crippen LogP contribution in [0, 0.1) is 0 Å². The van der Waals surface area contributed by atoms with Gasteiger partial charge in [-0.1, -0.05) is 17.7 Å². The van der Waals surface area contributed by atoms with Crippen molar-refractivity contribution < 1.29 is 19.4 Å². The minimum absolute atomic E-state index is 0.323. The number of nitrogens with zero attached hydrogens (tertiary/aromatic N) is 3. The normalized spacial score (nSPS) is 12.9. The number of carboxylic acids is 1. The third-order valence-electron chi connectivity index (χ3n) is 4.47. The Bertz CT molecular complexity index is 1200. The summed E-state index contributed by atoms with van der Waals surface area (Å²) in [6.07, 6.45) is 4.55. The molecule has 0 spiro atoms. The number of carboxylic acid groups (broad SMARTS) is 1. The molecule has 1 N–H and O–H groups in total. The Balaban J connectivity index is 1.52. The first-order valence-electron chi connectivity index (χ1n) is 8.97. The third kappa shape index (κ3) is 4.01. The number of ether oxygens (including phenoxy) is 2. The summed E-state index contributed by atoms with van der Waals surface area (Å²) in [5.41, 5.74) is 0.179. The predicted molar refractivity (Wildman–Crippen MR) is 111 cm³/mol. The Morgan fingerprint density at radius 2 is 1.80 bits per heavy atom. The van der Waals surface area contributed by atoms with Crippen LogP contribution in [0.1, 0.15) is 12.5 Å². The first kappa shape index (κ1) is 19.6. The highest BCUT2D eigenvalue weighted by Crippen LogP contribution is 2.30. The van der Waals surface area contributed by atoms with Gasteiger partial charge in [-0.25, -0.2) is 14.8 Å². The van der Waals surface area contributed by atoms with E-state index in [1.165, 1.54) is 19.3 Å². The van der Waals surface area contributed by atoms with Gasteiger partial charge in [0.05, 0.1) is 17.2 Å². The van der Waals surface area contributed by atoms with Crippen LogP contribution in [0.3, 0.4) is 0 Å². The average Bonchev–Trinajstić information content (AvgIpc) is 2.75. The number of pyridine rings is 1. The van der Waals surface area contributed by atoms with E-state index in [1.54, 1.807) is 60.8 Å². The molecule has 2 heterocycles. The molecule has 4 aromatic rings. The van der Waals surface area contributed by atoms with Crippen LogP contribution in [0.2, 0.25) is 5.02 Å². The van der Waals surface area contributed by atoms with E-state index in [-0.39, 0.29) is 0 Å². The van der Waals surface area contributed by atoms with Crippen molar-refractivity contribution in [2.24, 2.45) is 0 Å². The highest BCUT2D eigenvalue weighted by atomic mass is 35.5. The highest BCUT2D eigenvalue weighted by Gasteiger charge is 2.38. The molecule has 150 valence electrons. The van der Waals surface area contributed by atoms with E-state index >= 15 is 0 Å². The van der Waals surface area contributed by atoms with E-state index in [4.69, 9.17) is 21.1 Å². The fraction of sp³-hybridized carbons (Fsp3) is 0.0909. The monoisotopic (exact) mass is 421 g/mol. The number of hydrogen-bond acceptors (Lipinski definition) is 6. The van der Waals surface area contributed by atoms with Crippen LogP contribution in [0.25, 0.3) is 11.0 Å². The summed E-state index contributed by atoms with van der Waals surface area (Å²) < 4.78 is 11.5. The summed E-state index contributed by atoms with van der Waals surface area (Å²) in [4.78, 5) is 24.5. The maximum Gasteiger partial charge on any atom is 0.352 e. The Hall–Kier alpha value is -3.71. The topological polar surface area (TPSA) is 94.4 Å². The second-order valence-corrected chi connectivity index (χ2v) is 7.03. The number of aliphatic carboxylic acids is 1. The van der Waals surface area contributed by atoms with Crippen LogP contribution in [0.15, 0.2) is 73.2 Å². The molecule has 1 atom stereocenters. The standard InChI is InChI=1S/C22H16ClN3O4/c1-22(21(27)28,14-3-2-10-24-12-14)30-17-7-5-16(6-8-17)29-20-13-25-19-11-15(23)4-9-18(19)26-20/h2-13H,1H3,(H,27,28). The lowest BCUT2D eigenvalue weighted by Crippen LogP contribution is -2.38. The number of benzene rings is 2. The van der Waals surface area contributed by atoms with E-state index in [9.17, 15) is 9.90 Å². The van der Waals surface area contributed by atoms with Crippen molar-refractivity contribution in [1.29, 1.82) is 0 Å². The van der Waals surface area contributed by atoms with Crippen LogP contribution < -0.4 is 9.47 Å². The molecule has 0 aliphatic heterocycles. The number of aromatic nitrogens is 3. The molecule has 0 radical (unpaired) electrons. The molecular weight excluding hydrogens is 406 g/mol. The van der Waals surface area contributed by atoms with Crippen molar-refractivity contribution >= 4 is 28.6 Å². The lowest BCUT2D eigenvalue weighted by molar-refractivity contribution is -0.154. The smallest absolute Gasteiger partial charge is 0.352 e. The number of hydrogen-bond donors (Lipinski definition) is 1. The molecule has 0 aliphatic carbocycles. The fourth-order valence-electron chi connectivity index (χ4n) is 2.82. The fourth-order valence-corrected chi connectivity index (χ4v) is 2.99. The number of fused-ring (bicyclic) bond motifs is 1. The summed E-state index contributed by atoms with van der Waals surface area (Å²) in [7, 11) is 0. The summed E-state index contributed by atoms with van der Waals surface area (Å²) in [6, 6.07) is 15.1. The molecule has 0 aliphatic rings. The molecule has 2 aromatic heterocycles. The molecule has 30 heavy (non-hydrogen) atoms. The van der Waals surface area contributed by atoms with Crippen molar-refractivity contribution in [3.63, 3.8) is 0 Å². The van der Waals surface area contributed by atoms with Gasteiger partial charge in [0.25, 0.3) is 0 Å². The van der Waals surface area contributed by atoms with Crippen molar-refractivity contribution in [3.8, 4) is 17.4 Å². The van der Waals surface area contributed by atoms with Crippen molar-refractivity contribution in [2.75, 3.05) is 0 Å². The highest BCUT2D eigenvalue weighted by molar-refractivity contribution is 6.31. The summed E-state index contributed by atoms with van der Waals surface area (Å²) in [5, 5.41) is 10.3. The first-order valence-corrected chi connectivity index (χ1v) is 9.35. The molecule has 7 nitrogen and oxygen atoms in total. The zero-order valence-electron chi connectivity index (χ0n) is 15.8. The Morgan fingerprint density at radius 3 is 2.50 bits per heavy atom. The lowest BCUT2D eigenvalue weighted by atomic mass is 9.97. The molecule has 0 saturated carbocycles. The lowest BCUT2D eigenvalue weighted by Gasteiger charge is -2.26. The SMILES string of the molecule is CC(Oc1ccc(Oc2cnc3cc(Cl)ccc3n2)cc1)(C(=O)O)c1cccnc1. The van der Waals surface area contributed by atoms with Crippen molar-refractivity contribution in [1.82, 2.24) is 15.0 Å². The van der Waals surface area contributed by atoms with Gasteiger partial charge in [-0.15, -0.1) is 0 Å². The molecular formula is C22H16ClN3O4. The van der Waals surface area contributed by atoms with Crippen molar-refractivity contribution in [2.45, 2.75) is 12.5 Å². The molecule has 0 saturated heterocycles. The zero-order chi connectivity index (χ0) is 21.1. The third-order valence-corrected chi connectivity index (χ3v) is 4.71. The van der Waals surface area contributed by atoms with Crippen molar-refractivity contribution in [3.05, 3.63) is 83.8 Å². The van der Waals surface area contributed by atoms with Gasteiger partial charge in [0.1, 0.15) is 11.5 Å². The summed E-state index contributed by atoms with van der Waals surface area (Å²) in [6.45, 7) is 1.48. The Kier molecular flexibility index (Phi) is 5.20. The van der Waals surface area contributed by atoms with Crippen LogP contribution in [0.5, 0.6) is 17.4 Å². The van der Waals surface area contributed by atoms with Gasteiger partial charge in [0, 0.05) is 23.0 Å². The van der Waals surface area contributed by atoms with Gasteiger partial charge in [0.2, 0.25) is 11.5 Å². The average molecular weight is 422 g/mol. The van der Waals surface area contributed by atoms with Gasteiger partial charge < -0.3 is 14.6 Å². The Morgan fingerprint density at radius 1 is 1.03 bits per heavy atom. The van der Waals surface area contributed by atoms with E-state index in [2.05, 4.69) is 15.0 Å². The predicted octanol–water partition coefficient (Wildman–Crippen LogP) is 4.85. The first-order chi connectivity index (χ1) is 14.4. The molecule has 0 fully saturated rings. The largest absolute Gasteiger partial charge is 0.478 e. The van der Waals surface area contributed by atoms with Crippen LogP contribution in [-0.4, -0.2) is 26.0 Å². The molecule has 0 bridgehead atoms. The van der Waals surface area contributed by atoms with Gasteiger partial charge >= 0.3 is 5.97 Å². The molecule has 0 amide bonds. The maximum absolute atomic E-state index is 11.9. The molecule has 8 heteroatoms. The van der Waals surface area contributed by atoms with Gasteiger partial charge in [-0.3, -0.25) is 4.98 Å². The van der Waals surface area contributed by atoms with Crippen LogP contribution in [0.4, 0.5) is 0 Å². The summed E-state index contributed by atoms with van der Waals surface area (Å²) in [5.74, 6) is 0.0744. The van der Waals surface area contributed by atoms with Crippen LogP contribution >= 0.6 is 11.6 Å². The molecule has 2 aromatic carbocycles. The quantitative estimate of drug-likeness (QED) is 0.475. The minimum Gasteiger partial charge on any atom is -0.478 e. The number of halogens is 1. The molecule has 1 unspecified atom stereocenters. The van der Waals surface area contributed by atoms with E-state index in [1.807, 2.05) is 0 Å². The zero-order valence-corrected chi connectivity index (χ0v) is 16.6. The van der Waals surface area contributed by atoms with E-state index < -0.39 is 11.6 Å². The minimum atomic E-state index is -1.58. The van der Waals surface area contributed by atoms with Gasteiger partial charge in [-0.05, 0) is 55.5 Å². The maximum atomic E-state index is 11.9. The van der Waals surface area contributed by atoms with E-state index in [0.29, 0.717) is 39.0 Å². The Labute approximate surface area is 176 Å².